The van der Waals surface area contributed by atoms with Gasteiger partial charge in [-0.3, -0.25) is 4.79 Å². The molecule has 0 radical (unpaired) electrons. The van der Waals surface area contributed by atoms with Crippen LogP contribution in [0.5, 0.6) is 0 Å². The minimum atomic E-state index is -3.18. The molecule has 1 fully saturated rings. The van der Waals surface area contributed by atoms with Gasteiger partial charge in [0, 0.05) is 30.9 Å². The second kappa shape index (κ2) is 8.67. The largest absolute Gasteiger partial charge is 0.385 e. The van der Waals surface area contributed by atoms with Crippen LogP contribution in [0.15, 0.2) is 24.3 Å². The smallest absolute Gasteiger partial charge is 0.221 e. The van der Waals surface area contributed by atoms with Gasteiger partial charge in [-0.15, -0.1) is 0 Å². The fraction of sp³-hybridized carbons (Fsp3) is 0.611. The zero-order valence-electron chi connectivity index (χ0n) is 15.2. The number of hydrogen-bond acceptors (Lipinski definition) is 4. The molecule has 0 aromatic heterocycles. The Balaban J connectivity index is 1.74. The van der Waals surface area contributed by atoms with E-state index in [2.05, 4.69) is 15.4 Å². The van der Waals surface area contributed by atoms with E-state index in [0.717, 1.165) is 43.6 Å². The Kier molecular flexibility index (Phi) is 6.84. The summed E-state index contributed by atoms with van der Waals surface area (Å²) in [6.07, 6.45) is 3.81. The van der Waals surface area contributed by atoms with Crippen LogP contribution in [0.3, 0.4) is 0 Å². The average molecular weight is 368 g/mol. The first-order valence-corrected chi connectivity index (χ1v) is 10.4. The maximum Gasteiger partial charge on any atom is 0.221 e. The summed E-state index contributed by atoms with van der Waals surface area (Å²) in [4.78, 5) is 11.0. The van der Waals surface area contributed by atoms with Gasteiger partial charge in [0.15, 0.2) is 0 Å². The van der Waals surface area contributed by atoms with Crippen LogP contribution >= 0.6 is 0 Å². The van der Waals surface area contributed by atoms with E-state index in [1.54, 1.807) is 13.8 Å². The normalized spacial score (nSPS) is 21.1. The summed E-state index contributed by atoms with van der Waals surface area (Å²) < 4.78 is 26.7. The number of sulfonamides is 1. The van der Waals surface area contributed by atoms with Crippen LogP contribution in [0, 0.1) is 5.92 Å². The van der Waals surface area contributed by atoms with Crippen molar-refractivity contribution in [3.63, 3.8) is 0 Å². The maximum absolute atomic E-state index is 11.9. The molecule has 0 aliphatic heterocycles. The molecule has 0 bridgehead atoms. The van der Waals surface area contributed by atoms with E-state index in [1.807, 2.05) is 24.3 Å². The summed E-state index contributed by atoms with van der Waals surface area (Å²) >= 11 is 0. The lowest BCUT2D eigenvalue weighted by molar-refractivity contribution is -0.114. The predicted octanol–water partition coefficient (Wildman–Crippen LogP) is 2.94. The topological polar surface area (TPSA) is 87.3 Å². The summed E-state index contributed by atoms with van der Waals surface area (Å²) in [7, 11) is -3.18. The molecule has 0 saturated heterocycles. The van der Waals surface area contributed by atoms with Crippen LogP contribution in [-0.2, 0) is 14.8 Å². The molecule has 0 heterocycles. The van der Waals surface area contributed by atoms with Gasteiger partial charge in [0.1, 0.15) is 0 Å². The zero-order valence-corrected chi connectivity index (χ0v) is 16.0. The first-order valence-electron chi connectivity index (χ1n) is 8.89. The van der Waals surface area contributed by atoms with Gasteiger partial charge in [-0.05, 0) is 69.7 Å². The molecule has 1 saturated carbocycles. The Morgan fingerprint density at radius 1 is 1.08 bits per heavy atom. The van der Waals surface area contributed by atoms with Crippen LogP contribution in [0.2, 0.25) is 0 Å². The van der Waals surface area contributed by atoms with E-state index in [9.17, 15) is 13.2 Å². The number of carbonyl (C=O) groups is 1. The summed E-state index contributed by atoms with van der Waals surface area (Å²) in [5, 5.41) is 5.79. The number of carbonyl (C=O) groups excluding carboxylic acids is 1. The van der Waals surface area contributed by atoms with E-state index in [1.165, 1.54) is 6.92 Å². The summed E-state index contributed by atoms with van der Waals surface area (Å²) in [6.45, 7) is 5.77. The second-order valence-electron chi connectivity index (χ2n) is 7.07. The molecule has 0 atom stereocenters. The summed E-state index contributed by atoms with van der Waals surface area (Å²) in [6, 6.07) is 7.73. The fourth-order valence-corrected chi connectivity index (χ4v) is 3.96. The Bertz CT molecular complexity index is 663. The predicted molar refractivity (Wildman–Crippen MR) is 102 cm³/mol. The van der Waals surface area contributed by atoms with Gasteiger partial charge in [0.05, 0.1) is 5.25 Å². The van der Waals surface area contributed by atoms with Crippen molar-refractivity contribution in [1.29, 1.82) is 0 Å². The van der Waals surface area contributed by atoms with Crippen LogP contribution in [0.25, 0.3) is 0 Å². The molecule has 1 aromatic rings. The Morgan fingerprint density at radius 2 is 1.64 bits per heavy atom. The Hall–Kier alpha value is -1.60. The highest BCUT2D eigenvalue weighted by Gasteiger charge is 2.26. The van der Waals surface area contributed by atoms with E-state index < -0.39 is 10.0 Å². The lowest BCUT2D eigenvalue weighted by Crippen LogP contribution is -2.41. The standard InChI is InChI=1S/C18H29N3O3S/c1-13(2)25(23,24)21-18-6-4-15(5-7-18)12-19-16-8-10-17(11-9-16)20-14(3)22/h8-11,13,15,18-19,21H,4-7,12H2,1-3H3,(H,20,22). The van der Waals surface area contributed by atoms with Crippen LogP contribution in [0.1, 0.15) is 46.5 Å². The number of amides is 1. The van der Waals surface area contributed by atoms with Gasteiger partial charge in [-0.25, -0.2) is 13.1 Å². The molecule has 1 aromatic carbocycles. The highest BCUT2D eigenvalue weighted by molar-refractivity contribution is 7.90. The lowest BCUT2D eigenvalue weighted by Gasteiger charge is -2.29. The van der Waals surface area contributed by atoms with Crippen LogP contribution < -0.4 is 15.4 Å². The average Bonchev–Trinajstić information content (AvgIpc) is 2.54. The van der Waals surface area contributed by atoms with Gasteiger partial charge in [0.2, 0.25) is 15.9 Å². The number of nitrogens with one attached hydrogen (secondary N) is 3. The van der Waals surface area contributed by atoms with Gasteiger partial charge in [-0.1, -0.05) is 0 Å². The third-order valence-electron chi connectivity index (χ3n) is 4.60. The van der Waals surface area contributed by atoms with Gasteiger partial charge in [-0.2, -0.15) is 0 Å². The minimum Gasteiger partial charge on any atom is -0.385 e. The Morgan fingerprint density at radius 3 is 2.16 bits per heavy atom. The lowest BCUT2D eigenvalue weighted by atomic mass is 9.86. The van der Waals surface area contributed by atoms with Crippen molar-refractivity contribution in [3.05, 3.63) is 24.3 Å². The van der Waals surface area contributed by atoms with Crippen molar-refractivity contribution in [2.24, 2.45) is 5.92 Å². The van der Waals surface area contributed by atoms with Crippen molar-refractivity contribution in [3.8, 4) is 0 Å². The third kappa shape index (κ3) is 6.32. The molecule has 1 aliphatic rings. The second-order valence-corrected chi connectivity index (χ2v) is 9.34. The van der Waals surface area contributed by atoms with Crippen molar-refractivity contribution in [2.45, 2.75) is 57.7 Å². The van der Waals surface area contributed by atoms with Crippen LogP contribution in [0.4, 0.5) is 11.4 Å². The first kappa shape index (κ1) is 19.7. The molecule has 3 N–H and O–H groups in total. The summed E-state index contributed by atoms with van der Waals surface area (Å²) in [5.41, 5.74) is 1.81. The molecule has 7 heteroatoms. The van der Waals surface area contributed by atoms with Gasteiger partial charge < -0.3 is 10.6 Å². The van der Waals surface area contributed by atoms with E-state index >= 15 is 0 Å². The van der Waals surface area contributed by atoms with Crippen molar-refractivity contribution < 1.29 is 13.2 Å². The minimum absolute atomic E-state index is 0.0700. The molecule has 0 spiro atoms. The van der Waals surface area contributed by atoms with Crippen molar-refractivity contribution in [1.82, 2.24) is 4.72 Å². The molecule has 1 aliphatic carbocycles. The third-order valence-corrected chi connectivity index (χ3v) is 6.50. The monoisotopic (exact) mass is 367 g/mol. The molecular weight excluding hydrogens is 338 g/mol. The highest BCUT2D eigenvalue weighted by Crippen LogP contribution is 2.25. The quantitative estimate of drug-likeness (QED) is 0.691. The van der Waals surface area contributed by atoms with Crippen LogP contribution in [-0.4, -0.2) is 32.2 Å². The highest BCUT2D eigenvalue weighted by atomic mass is 32.2. The molecule has 25 heavy (non-hydrogen) atoms. The van der Waals surface area contributed by atoms with E-state index in [0.29, 0.717) is 5.92 Å². The molecule has 2 rings (SSSR count). The van der Waals surface area contributed by atoms with Crippen molar-refractivity contribution in [2.75, 3.05) is 17.2 Å². The SMILES string of the molecule is CC(=O)Nc1ccc(NCC2CCC(NS(=O)(=O)C(C)C)CC2)cc1. The van der Waals surface area contributed by atoms with Crippen molar-refractivity contribution >= 4 is 27.3 Å². The zero-order chi connectivity index (χ0) is 18.4. The molecule has 1 amide bonds. The Labute approximate surface area is 150 Å². The molecule has 6 nitrogen and oxygen atoms in total. The number of rotatable bonds is 7. The van der Waals surface area contributed by atoms with E-state index in [-0.39, 0.29) is 17.2 Å². The number of benzene rings is 1. The fourth-order valence-electron chi connectivity index (χ4n) is 2.99. The first-order chi connectivity index (χ1) is 11.8. The number of anilines is 2. The maximum atomic E-state index is 11.9. The number of hydrogen-bond donors (Lipinski definition) is 3. The summed E-state index contributed by atoms with van der Waals surface area (Å²) in [5.74, 6) is 0.473. The van der Waals surface area contributed by atoms with E-state index in [4.69, 9.17) is 0 Å². The van der Waals surface area contributed by atoms with Gasteiger partial charge in [0.25, 0.3) is 0 Å². The van der Waals surface area contributed by atoms with Gasteiger partial charge >= 0.3 is 0 Å². The molecular formula is C18H29N3O3S. The molecule has 140 valence electrons. The molecule has 0 unspecified atom stereocenters.